The Morgan fingerprint density at radius 3 is 2.42 bits per heavy atom. The van der Waals surface area contributed by atoms with E-state index in [9.17, 15) is 18.0 Å². The molecular weight excluding hydrogens is 325 g/mol. The molecule has 8 heteroatoms. The molecule has 0 aliphatic rings. The van der Waals surface area contributed by atoms with Gasteiger partial charge in [0.1, 0.15) is 17.4 Å². The SMILES string of the molecule is COCC(N)C(=O)NCc1ccc(OC(C)(C)C)cc1C(F)(F)F. The van der Waals surface area contributed by atoms with Crippen LogP contribution in [0.3, 0.4) is 0 Å². The average molecular weight is 348 g/mol. The zero-order valence-electron chi connectivity index (χ0n) is 14.2. The molecule has 1 aromatic rings. The van der Waals surface area contributed by atoms with Crippen LogP contribution in [0.1, 0.15) is 31.9 Å². The maximum Gasteiger partial charge on any atom is 0.416 e. The molecule has 24 heavy (non-hydrogen) atoms. The van der Waals surface area contributed by atoms with Crippen LogP contribution in [-0.2, 0) is 22.3 Å². The number of amides is 1. The quantitative estimate of drug-likeness (QED) is 0.828. The molecule has 136 valence electrons. The van der Waals surface area contributed by atoms with E-state index in [0.29, 0.717) is 0 Å². The highest BCUT2D eigenvalue weighted by molar-refractivity contribution is 5.81. The van der Waals surface area contributed by atoms with Crippen LogP contribution < -0.4 is 15.8 Å². The maximum atomic E-state index is 13.3. The van der Waals surface area contributed by atoms with Crippen LogP contribution in [0.5, 0.6) is 5.75 Å². The van der Waals surface area contributed by atoms with E-state index in [1.807, 2.05) is 0 Å². The largest absolute Gasteiger partial charge is 0.488 e. The first-order valence-corrected chi connectivity index (χ1v) is 7.35. The fraction of sp³-hybridized carbons (Fsp3) is 0.562. The van der Waals surface area contributed by atoms with Gasteiger partial charge in [-0.2, -0.15) is 13.2 Å². The van der Waals surface area contributed by atoms with Crippen molar-refractivity contribution in [3.8, 4) is 5.75 Å². The number of halogens is 3. The van der Waals surface area contributed by atoms with Crippen LogP contribution in [0.4, 0.5) is 13.2 Å². The fourth-order valence-electron chi connectivity index (χ4n) is 1.96. The number of benzene rings is 1. The van der Waals surface area contributed by atoms with Crippen LogP contribution in [-0.4, -0.2) is 31.3 Å². The molecule has 0 aliphatic heterocycles. The summed E-state index contributed by atoms with van der Waals surface area (Å²) in [5, 5.41) is 2.38. The summed E-state index contributed by atoms with van der Waals surface area (Å²) >= 11 is 0. The summed E-state index contributed by atoms with van der Waals surface area (Å²) in [6.45, 7) is 4.92. The highest BCUT2D eigenvalue weighted by atomic mass is 19.4. The van der Waals surface area contributed by atoms with Gasteiger partial charge in [0.05, 0.1) is 12.2 Å². The van der Waals surface area contributed by atoms with Crippen molar-refractivity contribution in [3.05, 3.63) is 29.3 Å². The van der Waals surface area contributed by atoms with Gasteiger partial charge in [-0.25, -0.2) is 0 Å². The number of methoxy groups -OCH3 is 1. The van der Waals surface area contributed by atoms with Gasteiger partial charge < -0.3 is 20.5 Å². The van der Waals surface area contributed by atoms with Crippen LogP contribution in [0, 0.1) is 0 Å². The highest BCUT2D eigenvalue weighted by Gasteiger charge is 2.34. The normalized spacial score (nSPS) is 13.5. The molecule has 0 saturated carbocycles. The lowest BCUT2D eigenvalue weighted by atomic mass is 10.1. The molecule has 5 nitrogen and oxygen atoms in total. The fourth-order valence-corrected chi connectivity index (χ4v) is 1.96. The number of hydrogen-bond donors (Lipinski definition) is 2. The smallest absolute Gasteiger partial charge is 0.416 e. The Morgan fingerprint density at radius 2 is 1.92 bits per heavy atom. The molecule has 1 atom stereocenters. The van der Waals surface area contributed by atoms with E-state index in [2.05, 4.69) is 5.32 Å². The number of carbonyl (C=O) groups is 1. The van der Waals surface area contributed by atoms with Crippen molar-refractivity contribution in [1.82, 2.24) is 5.32 Å². The van der Waals surface area contributed by atoms with Crippen LogP contribution in [0.2, 0.25) is 0 Å². The topological polar surface area (TPSA) is 73.6 Å². The van der Waals surface area contributed by atoms with E-state index < -0.39 is 29.3 Å². The Bertz CT molecular complexity index is 569. The minimum Gasteiger partial charge on any atom is -0.488 e. The summed E-state index contributed by atoms with van der Waals surface area (Å²) in [6, 6.07) is 2.72. The average Bonchev–Trinajstić information content (AvgIpc) is 2.43. The molecule has 0 fully saturated rings. The number of alkyl halides is 3. The minimum absolute atomic E-state index is 0.0175. The monoisotopic (exact) mass is 348 g/mol. The van der Waals surface area contributed by atoms with E-state index in [0.717, 1.165) is 6.07 Å². The summed E-state index contributed by atoms with van der Waals surface area (Å²) < 4.78 is 50.0. The Labute approximate surface area is 139 Å². The lowest BCUT2D eigenvalue weighted by Crippen LogP contribution is -2.43. The summed E-state index contributed by atoms with van der Waals surface area (Å²) in [5.41, 5.74) is 3.99. The predicted octanol–water partition coefficient (Wildman–Crippen LogP) is 2.47. The molecule has 1 unspecified atom stereocenters. The highest BCUT2D eigenvalue weighted by Crippen LogP contribution is 2.35. The van der Waals surface area contributed by atoms with Gasteiger partial charge >= 0.3 is 6.18 Å². The second-order valence-corrected chi connectivity index (χ2v) is 6.31. The summed E-state index contributed by atoms with van der Waals surface area (Å²) in [4.78, 5) is 11.7. The van der Waals surface area contributed by atoms with Gasteiger partial charge in [0.2, 0.25) is 5.91 Å². The van der Waals surface area contributed by atoms with Crippen molar-refractivity contribution in [2.24, 2.45) is 5.73 Å². The molecule has 0 heterocycles. The van der Waals surface area contributed by atoms with E-state index >= 15 is 0 Å². The second kappa shape index (κ2) is 7.85. The molecule has 0 aromatic heterocycles. The molecule has 0 spiro atoms. The number of nitrogens with one attached hydrogen (secondary N) is 1. The molecule has 0 radical (unpaired) electrons. The van der Waals surface area contributed by atoms with Crippen molar-refractivity contribution in [3.63, 3.8) is 0 Å². The van der Waals surface area contributed by atoms with Gasteiger partial charge in [0.25, 0.3) is 0 Å². The van der Waals surface area contributed by atoms with Gasteiger partial charge in [-0.05, 0) is 38.5 Å². The molecule has 0 aliphatic carbocycles. The van der Waals surface area contributed by atoms with Crippen LogP contribution in [0.15, 0.2) is 18.2 Å². The molecule has 0 bridgehead atoms. The van der Waals surface area contributed by atoms with Gasteiger partial charge in [-0.1, -0.05) is 6.07 Å². The minimum atomic E-state index is -4.56. The molecule has 3 N–H and O–H groups in total. The molecule has 1 aromatic carbocycles. The van der Waals surface area contributed by atoms with Gasteiger partial charge in [0, 0.05) is 13.7 Å². The molecule has 0 saturated heterocycles. The lowest BCUT2D eigenvalue weighted by molar-refractivity contribution is -0.138. The van der Waals surface area contributed by atoms with Crippen molar-refractivity contribution in [2.45, 2.75) is 45.1 Å². The van der Waals surface area contributed by atoms with Gasteiger partial charge in [-0.15, -0.1) is 0 Å². The van der Waals surface area contributed by atoms with Crippen molar-refractivity contribution in [2.75, 3.05) is 13.7 Å². The van der Waals surface area contributed by atoms with E-state index in [-0.39, 0.29) is 24.5 Å². The Kier molecular flexibility index (Phi) is 6.62. The first-order chi connectivity index (χ1) is 10.9. The van der Waals surface area contributed by atoms with E-state index in [4.69, 9.17) is 15.2 Å². The summed E-state index contributed by atoms with van der Waals surface area (Å²) in [6.07, 6.45) is -4.56. The first-order valence-electron chi connectivity index (χ1n) is 7.35. The zero-order valence-corrected chi connectivity index (χ0v) is 14.2. The molecule has 1 rings (SSSR count). The third-order valence-electron chi connectivity index (χ3n) is 2.95. The van der Waals surface area contributed by atoms with E-state index in [1.165, 1.54) is 19.2 Å². The first kappa shape index (κ1) is 20.2. The Hall–Kier alpha value is -1.80. The standard InChI is InChI=1S/C16H23F3N2O3/c1-15(2,3)24-11-6-5-10(12(7-11)16(17,18)19)8-21-14(22)13(20)9-23-4/h5-7,13H,8-9,20H2,1-4H3,(H,21,22). The maximum absolute atomic E-state index is 13.3. The molecule has 1 amide bonds. The summed E-state index contributed by atoms with van der Waals surface area (Å²) in [7, 11) is 1.38. The number of hydrogen-bond acceptors (Lipinski definition) is 4. The van der Waals surface area contributed by atoms with Crippen molar-refractivity contribution in [1.29, 1.82) is 0 Å². The van der Waals surface area contributed by atoms with E-state index in [1.54, 1.807) is 20.8 Å². The zero-order chi connectivity index (χ0) is 18.5. The van der Waals surface area contributed by atoms with Crippen molar-refractivity contribution >= 4 is 5.91 Å². The predicted molar refractivity (Wildman–Crippen MR) is 83.5 cm³/mol. The van der Waals surface area contributed by atoms with Crippen LogP contribution >= 0.6 is 0 Å². The molecular formula is C16H23F3N2O3. The van der Waals surface area contributed by atoms with Crippen LogP contribution in [0.25, 0.3) is 0 Å². The van der Waals surface area contributed by atoms with Crippen molar-refractivity contribution < 1.29 is 27.4 Å². The number of carbonyl (C=O) groups excluding carboxylic acids is 1. The third kappa shape index (κ3) is 6.37. The third-order valence-corrected chi connectivity index (χ3v) is 2.95. The second-order valence-electron chi connectivity index (χ2n) is 6.31. The summed E-state index contributed by atoms with van der Waals surface area (Å²) in [5.74, 6) is -0.471. The Balaban J connectivity index is 2.96. The Morgan fingerprint density at radius 1 is 1.29 bits per heavy atom. The van der Waals surface area contributed by atoms with Gasteiger partial charge in [0.15, 0.2) is 0 Å². The number of ether oxygens (including phenoxy) is 2. The lowest BCUT2D eigenvalue weighted by Gasteiger charge is -2.23. The number of rotatable bonds is 6. The van der Waals surface area contributed by atoms with Gasteiger partial charge in [-0.3, -0.25) is 4.79 Å². The number of nitrogens with two attached hydrogens (primary N) is 1.